The maximum Gasteiger partial charge on any atom is 0.301 e. The van der Waals surface area contributed by atoms with E-state index in [1.54, 1.807) is 36.4 Å². The molecular weight excluding hydrogens is 394 g/mol. The van der Waals surface area contributed by atoms with E-state index in [1.807, 2.05) is 6.92 Å². The summed E-state index contributed by atoms with van der Waals surface area (Å²) in [5.41, 5.74) is 1.66. The second-order valence-corrected chi connectivity index (χ2v) is 7.08. The van der Waals surface area contributed by atoms with Crippen LogP contribution in [0.25, 0.3) is 17.0 Å². The molecule has 2 heterocycles. The van der Waals surface area contributed by atoms with Gasteiger partial charge >= 0.3 is 5.92 Å². The van der Waals surface area contributed by atoms with Gasteiger partial charge in [0, 0.05) is 22.3 Å². The third-order valence-electron chi connectivity index (χ3n) is 4.84. The van der Waals surface area contributed by atoms with Crippen LogP contribution in [0.3, 0.4) is 0 Å². The molecule has 0 fully saturated rings. The molecule has 7 heteroatoms. The number of halogens is 3. The zero-order valence-electron chi connectivity index (χ0n) is 15.4. The third-order valence-corrected chi connectivity index (χ3v) is 5.07. The molecule has 1 N–H and O–H groups in total. The van der Waals surface area contributed by atoms with Crippen molar-refractivity contribution in [2.45, 2.75) is 12.8 Å². The van der Waals surface area contributed by atoms with E-state index in [-0.39, 0.29) is 22.4 Å². The molecule has 144 valence electrons. The van der Waals surface area contributed by atoms with Crippen LogP contribution in [0.1, 0.15) is 16.7 Å². The highest BCUT2D eigenvalue weighted by molar-refractivity contribution is 6.30. The summed E-state index contributed by atoms with van der Waals surface area (Å²) in [5, 5.41) is 17.5. The first-order valence-corrected chi connectivity index (χ1v) is 9.12. The van der Waals surface area contributed by atoms with Gasteiger partial charge in [0.05, 0.1) is 11.3 Å². The van der Waals surface area contributed by atoms with Gasteiger partial charge in [-0.05, 0) is 24.6 Å². The molecule has 4 rings (SSSR count). The second-order valence-electron chi connectivity index (χ2n) is 6.64. The molecule has 2 aromatic carbocycles. The van der Waals surface area contributed by atoms with Crippen molar-refractivity contribution in [2.75, 3.05) is 5.32 Å². The van der Waals surface area contributed by atoms with Crippen LogP contribution in [0.4, 0.5) is 14.6 Å². The number of anilines is 1. The van der Waals surface area contributed by atoms with Crippen LogP contribution >= 0.6 is 11.6 Å². The Balaban J connectivity index is 1.82. The molecule has 0 radical (unpaired) electrons. The maximum absolute atomic E-state index is 15.1. The number of allylic oxidation sites excluding steroid dienone is 2. The average Bonchev–Trinajstić information content (AvgIpc) is 3.08. The van der Waals surface area contributed by atoms with Crippen molar-refractivity contribution in [1.82, 2.24) is 9.78 Å². The lowest BCUT2D eigenvalue weighted by Crippen LogP contribution is -2.24. The number of fused-ring (bicyclic) bond motifs is 1. The van der Waals surface area contributed by atoms with Gasteiger partial charge in [-0.2, -0.15) is 19.1 Å². The highest BCUT2D eigenvalue weighted by Crippen LogP contribution is 2.44. The van der Waals surface area contributed by atoms with Crippen molar-refractivity contribution < 1.29 is 8.78 Å². The molecule has 1 aliphatic heterocycles. The van der Waals surface area contributed by atoms with Gasteiger partial charge in [-0.3, -0.25) is 0 Å². The van der Waals surface area contributed by atoms with E-state index in [4.69, 9.17) is 11.6 Å². The van der Waals surface area contributed by atoms with Gasteiger partial charge in [-0.25, -0.2) is 4.68 Å². The van der Waals surface area contributed by atoms with E-state index in [9.17, 15) is 5.26 Å². The molecule has 0 aliphatic carbocycles. The summed E-state index contributed by atoms with van der Waals surface area (Å²) in [7, 11) is 0. The van der Waals surface area contributed by atoms with Crippen LogP contribution in [0, 0.1) is 18.3 Å². The minimum Gasteiger partial charge on any atom is -0.345 e. The largest absolute Gasteiger partial charge is 0.345 e. The number of hydrogen-bond acceptors (Lipinski definition) is 3. The van der Waals surface area contributed by atoms with Crippen LogP contribution in [-0.2, 0) is 5.92 Å². The third kappa shape index (κ3) is 3.00. The normalized spacial score (nSPS) is 13.3. The number of rotatable bonds is 3. The smallest absolute Gasteiger partial charge is 0.301 e. The summed E-state index contributed by atoms with van der Waals surface area (Å²) in [6.07, 6.45) is 1.19. The molecule has 1 aromatic heterocycles. The predicted molar refractivity (Wildman–Crippen MR) is 109 cm³/mol. The molecule has 0 spiro atoms. The van der Waals surface area contributed by atoms with Crippen molar-refractivity contribution in [2.24, 2.45) is 0 Å². The van der Waals surface area contributed by atoms with Crippen molar-refractivity contribution >= 4 is 23.1 Å². The Labute approximate surface area is 171 Å². The van der Waals surface area contributed by atoms with Crippen molar-refractivity contribution in [3.63, 3.8) is 0 Å². The van der Waals surface area contributed by atoms with Gasteiger partial charge in [-0.1, -0.05) is 54.6 Å². The number of aromatic nitrogens is 2. The zero-order chi connectivity index (χ0) is 20.8. The monoisotopic (exact) mass is 408 g/mol. The average molecular weight is 409 g/mol. The molecule has 0 saturated carbocycles. The summed E-state index contributed by atoms with van der Waals surface area (Å²) < 4.78 is 31.5. The Hall–Kier alpha value is -3.43. The van der Waals surface area contributed by atoms with Gasteiger partial charge in [0.1, 0.15) is 17.3 Å². The quantitative estimate of drug-likeness (QED) is 0.582. The molecule has 4 nitrogen and oxygen atoms in total. The summed E-state index contributed by atoms with van der Waals surface area (Å²) in [4.78, 5) is 0. The molecular formula is C22H15ClF2N4. The molecule has 0 atom stereocenters. The van der Waals surface area contributed by atoms with Crippen LogP contribution < -0.4 is 5.32 Å². The summed E-state index contributed by atoms with van der Waals surface area (Å²) >= 11 is 6.02. The van der Waals surface area contributed by atoms with Gasteiger partial charge in [0.2, 0.25) is 0 Å². The Morgan fingerprint density at radius 2 is 1.93 bits per heavy atom. The molecule has 29 heavy (non-hydrogen) atoms. The first-order valence-electron chi connectivity index (χ1n) is 8.74. The maximum atomic E-state index is 15.1. The first-order chi connectivity index (χ1) is 13.8. The Morgan fingerprint density at radius 3 is 2.59 bits per heavy atom. The topological polar surface area (TPSA) is 53.6 Å². The number of nitrogens with one attached hydrogen (secondary N) is 1. The number of benzene rings is 2. The fraction of sp³-hybridized carbons (Fsp3) is 0.0909. The molecule has 0 unspecified atom stereocenters. The zero-order valence-corrected chi connectivity index (χ0v) is 16.1. The molecule has 0 bridgehead atoms. The fourth-order valence-corrected chi connectivity index (χ4v) is 3.57. The van der Waals surface area contributed by atoms with E-state index in [2.05, 4.69) is 23.1 Å². The molecule has 3 aromatic rings. The van der Waals surface area contributed by atoms with E-state index in [1.165, 1.54) is 23.0 Å². The first kappa shape index (κ1) is 18.9. The summed E-state index contributed by atoms with van der Waals surface area (Å²) in [5.74, 6) is -2.98. The SMILES string of the molecule is C=C1C(C(F)(F)c2ccccc2)=CNc2c(C#N)c(-c3ccc(Cl)cc3C)nn21. The van der Waals surface area contributed by atoms with Crippen LogP contribution in [-0.4, -0.2) is 9.78 Å². The summed E-state index contributed by atoms with van der Waals surface area (Å²) in [6, 6.07) is 14.8. The van der Waals surface area contributed by atoms with E-state index in [0.717, 1.165) is 5.56 Å². The van der Waals surface area contributed by atoms with E-state index < -0.39 is 5.92 Å². The van der Waals surface area contributed by atoms with Crippen LogP contribution in [0.5, 0.6) is 0 Å². The van der Waals surface area contributed by atoms with Crippen LogP contribution in [0.15, 0.2) is 66.9 Å². The Kier molecular flexibility index (Phi) is 4.48. The van der Waals surface area contributed by atoms with Gasteiger partial charge in [0.15, 0.2) is 5.82 Å². The molecule has 0 saturated heterocycles. The number of aryl methyl sites for hydroxylation is 1. The Morgan fingerprint density at radius 1 is 1.21 bits per heavy atom. The second kappa shape index (κ2) is 6.87. The number of nitrogens with zero attached hydrogens (tertiary/aromatic N) is 3. The van der Waals surface area contributed by atoms with Gasteiger partial charge in [-0.15, -0.1) is 0 Å². The molecule has 0 amide bonds. The number of hydrogen-bond donors (Lipinski definition) is 1. The standard InChI is InChI=1S/C22H15ClF2N4/c1-13-10-16(23)8-9-17(13)20-18(11-26)21-27-12-19(14(2)29(21)28-20)22(24,25)15-6-4-3-5-7-15/h3-10,12,27H,2H2,1H3. The lowest BCUT2D eigenvalue weighted by Gasteiger charge is -2.26. The van der Waals surface area contributed by atoms with Gasteiger partial charge < -0.3 is 5.32 Å². The minimum atomic E-state index is -3.28. The lowest BCUT2D eigenvalue weighted by atomic mass is 9.98. The van der Waals surface area contributed by atoms with E-state index >= 15 is 8.78 Å². The highest BCUT2D eigenvalue weighted by atomic mass is 35.5. The summed E-state index contributed by atoms with van der Waals surface area (Å²) in [6.45, 7) is 5.67. The Bertz CT molecular complexity index is 1200. The van der Waals surface area contributed by atoms with Crippen molar-refractivity contribution in [3.8, 4) is 17.3 Å². The minimum absolute atomic E-state index is 0.00182. The fourth-order valence-electron chi connectivity index (χ4n) is 3.35. The van der Waals surface area contributed by atoms with Crippen molar-refractivity contribution in [1.29, 1.82) is 5.26 Å². The predicted octanol–water partition coefficient (Wildman–Crippen LogP) is 5.96. The highest BCUT2D eigenvalue weighted by Gasteiger charge is 2.41. The van der Waals surface area contributed by atoms with Crippen molar-refractivity contribution in [3.05, 3.63) is 88.6 Å². The van der Waals surface area contributed by atoms with Crippen LogP contribution in [0.2, 0.25) is 5.02 Å². The number of nitriles is 1. The van der Waals surface area contributed by atoms with Gasteiger partial charge in [0.25, 0.3) is 0 Å². The molecule has 1 aliphatic rings. The van der Waals surface area contributed by atoms with E-state index in [0.29, 0.717) is 22.1 Å². The lowest BCUT2D eigenvalue weighted by molar-refractivity contribution is 0.0423. The number of alkyl halides is 2.